The molecule has 2 aromatic heterocycles. The highest BCUT2D eigenvalue weighted by Gasteiger charge is 2.35. The van der Waals surface area contributed by atoms with Crippen molar-refractivity contribution in [2.24, 2.45) is 0 Å². The quantitative estimate of drug-likeness (QED) is 0.169. The zero-order chi connectivity index (χ0) is 40.0. The first-order chi connectivity index (χ1) is 29.4. The lowest BCUT2D eigenvalue weighted by atomic mass is 9.82. The van der Waals surface area contributed by atoms with Crippen molar-refractivity contribution in [2.45, 2.75) is 19.3 Å². The van der Waals surface area contributed by atoms with E-state index in [2.05, 4.69) is 176 Å². The Hall–Kier alpha value is -7.69. The van der Waals surface area contributed by atoms with Gasteiger partial charge in [-0.05, 0) is 128 Å². The summed E-state index contributed by atoms with van der Waals surface area (Å²) in [6.07, 6.45) is 0. The lowest BCUT2D eigenvalue weighted by Gasteiger charge is -2.28. The van der Waals surface area contributed by atoms with Crippen LogP contribution in [0, 0.1) is 0 Å². The first-order valence-corrected chi connectivity index (χ1v) is 20.5. The molecule has 0 unspecified atom stereocenters. The normalized spacial score (nSPS) is 13.0. The van der Waals surface area contributed by atoms with E-state index in [-0.39, 0.29) is 5.41 Å². The lowest BCUT2D eigenvalue weighted by molar-refractivity contribution is 0.617. The number of furan rings is 1. The molecule has 60 heavy (non-hydrogen) atoms. The molecule has 284 valence electrons. The highest BCUT2D eigenvalue weighted by molar-refractivity contribution is 6.10. The SMILES string of the molecule is CC1(C)c2ccccc2-c2ccc(N(c3ccc(-c4ccc5oc6cc7oc(-c8ccccc8)nc7cc6c5c4)cc3)c3cccc(-c4ccc5ccccc5c4)c3)cc21. The summed E-state index contributed by atoms with van der Waals surface area (Å²) in [6.45, 7) is 4.69. The number of hydrogen-bond acceptors (Lipinski definition) is 4. The Morgan fingerprint density at radius 3 is 1.95 bits per heavy atom. The molecule has 0 saturated heterocycles. The van der Waals surface area contributed by atoms with Gasteiger partial charge in [0.15, 0.2) is 5.58 Å². The molecule has 0 atom stereocenters. The molecule has 1 aliphatic rings. The molecule has 0 saturated carbocycles. The molecule has 0 spiro atoms. The van der Waals surface area contributed by atoms with Gasteiger partial charge in [-0.2, -0.15) is 0 Å². The number of oxazole rings is 1. The topological polar surface area (TPSA) is 42.4 Å². The molecule has 0 fully saturated rings. The molecule has 2 heterocycles. The third-order valence-corrected chi connectivity index (χ3v) is 12.5. The van der Waals surface area contributed by atoms with E-state index in [0.29, 0.717) is 11.5 Å². The first-order valence-electron chi connectivity index (χ1n) is 20.5. The van der Waals surface area contributed by atoms with Gasteiger partial charge in [0.25, 0.3) is 0 Å². The fourth-order valence-electron chi connectivity index (χ4n) is 9.36. The molecule has 4 heteroatoms. The van der Waals surface area contributed by atoms with Crippen molar-refractivity contribution in [2.75, 3.05) is 4.90 Å². The molecule has 11 aromatic rings. The van der Waals surface area contributed by atoms with E-state index in [9.17, 15) is 0 Å². The van der Waals surface area contributed by atoms with Crippen molar-refractivity contribution in [3.05, 3.63) is 205 Å². The number of fused-ring (bicyclic) bond motifs is 8. The maximum Gasteiger partial charge on any atom is 0.227 e. The van der Waals surface area contributed by atoms with E-state index in [4.69, 9.17) is 13.8 Å². The second-order valence-corrected chi connectivity index (χ2v) is 16.4. The maximum absolute atomic E-state index is 6.35. The van der Waals surface area contributed by atoms with E-state index < -0.39 is 0 Å². The molecule has 0 bridgehead atoms. The molecule has 4 nitrogen and oxygen atoms in total. The van der Waals surface area contributed by atoms with Crippen LogP contribution in [0.5, 0.6) is 0 Å². The predicted molar refractivity (Wildman–Crippen MR) is 247 cm³/mol. The predicted octanol–water partition coefficient (Wildman–Crippen LogP) is 15.7. The van der Waals surface area contributed by atoms with Crippen molar-refractivity contribution < 1.29 is 8.83 Å². The summed E-state index contributed by atoms with van der Waals surface area (Å²) in [5.74, 6) is 0.603. The van der Waals surface area contributed by atoms with Crippen LogP contribution in [0.15, 0.2) is 203 Å². The van der Waals surface area contributed by atoms with Crippen LogP contribution >= 0.6 is 0 Å². The van der Waals surface area contributed by atoms with E-state index in [1.165, 1.54) is 44.2 Å². The Bertz CT molecular complexity index is 3460. The highest BCUT2D eigenvalue weighted by Crippen LogP contribution is 2.51. The van der Waals surface area contributed by atoms with Crippen molar-refractivity contribution in [3.63, 3.8) is 0 Å². The average Bonchev–Trinajstić information content (AvgIpc) is 3.95. The molecule has 0 amide bonds. The van der Waals surface area contributed by atoms with Gasteiger partial charge in [-0.1, -0.05) is 129 Å². The summed E-state index contributed by atoms with van der Waals surface area (Å²) in [4.78, 5) is 7.23. The lowest BCUT2D eigenvalue weighted by Crippen LogP contribution is -2.16. The molecule has 0 radical (unpaired) electrons. The van der Waals surface area contributed by atoms with Crippen LogP contribution in [-0.2, 0) is 5.41 Å². The molecule has 9 aromatic carbocycles. The van der Waals surface area contributed by atoms with Gasteiger partial charge in [0.1, 0.15) is 16.7 Å². The summed E-state index contributed by atoms with van der Waals surface area (Å²) >= 11 is 0. The minimum atomic E-state index is -0.121. The van der Waals surface area contributed by atoms with Crippen LogP contribution in [-0.4, -0.2) is 4.98 Å². The zero-order valence-electron chi connectivity index (χ0n) is 33.2. The third kappa shape index (κ3) is 5.49. The number of benzene rings is 9. The van der Waals surface area contributed by atoms with Gasteiger partial charge in [0, 0.05) is 44.9 Å². The minimum absolute atomic E-state index is 0.121. The van der Waals surface area contributed by atoms with Gasteiger partial charge >= 0.3 is 0 Å². The Morgan fingerprint density at radius 2 is 1.07 bits per heavy atom. The third-order valence-electron chi connectivity index (χ3n) is 12.5. The number of anilines is 3. The second kappa shape index (κ2) is 13.2. The minimum Gasteiger partial charge on any atom is -0.456 e. The Labute approximate surface area is 347 Å². The van der Waals surface area contributed by atoms with Crippen molar-refractivity contribution in [1.82, 2.24) is 4.98 Å². The number of nitrogens with zero attached hydrogens (tertiary/aromatic N) is 2. The highest BCUT2D eigenvalue weighted by atomic mass is 16.4. The first kappa shape index (κ1) is 34.4. The Morgan fingerprint density at radius 1 is 0.400 bits per heavy atom. The Balaban J connectivity index is 0.948. The van der Waals surface area contributed by atoms with Crippen LogP contribution in [0.2, 0.25) is 0 Å². The van der Waals surface area contributed by atoms with E-state index in [0.717, 1.165) is 61.2 Å². The summed E-state index contributed by atoms with van der Waals surface area (Å²) in [5, 5.41) is 4.54. The van der Waals surface area contributed by atoms with Gasteiger partial charge in [-0.3, -0.25) is 0 Å². The van der Waals surface area contributed by atoms with Gasteiger partial charge in [0.05, 0.1) is 0 Å². The van der Waals surface area contributed by atoms with Crippen molar-refractivity contribution >= 4 is 60.9 Å². The van der Waals surface area contributed by atoms with Gasteiger partial charge < -0.3 is 13.7 Å². The molecule has 12 rings (SSSR count). The number of rotatable bonds is 6. The molecule has 1 aliphatic carbocycles. The van der Waals surface area contributed by atoms with Crippen LogP contribution in [0.25, 0.3) is 88.6 Å². The number of aromatic nitrogens is 1. The average molecular weight is 771 g/mol. The van der Waals surface area contributed by atoms with Crippen LogP contribution in [0.4, 0.5) is 17.1 Å². The van der Waals surface area contributed by atoms with E-state index in [1.54, 1.807) is 0 Å². The van der Waals surface area contributed by atoms with Crippen molar-refractivity contribution in [1.29, 1.82) is 0 Å². The zero-order valence-corrected chi connectivity index (χ0v) is 33.2. The summed E-state index contributed by atoms with van der Waals surface area (Å²) in [5.41, 5.74) is 17.2. The number of hydrogen-bond donors (Lipinski definition) is 0. The largest absolute Gasteiger partial charge is 0.456 e. The van der Waals surface area contributed by atoms with E-state index in [1.807, 2.05) is 36.4 Å². The fourth-order valence-corrected chi connectivity index (χ4v) is 9.36. The molecule has 0 aliphatic heterocycles. The molecule has 0 N–H and O–H groups in total. The molecular formula is C56H38N2O2. The standard InChI is InChI=1S/C56H38N2O2/c1-56(2)49-18-9-8-17-45(49)46-27-26-44(32-50(46)56)58(43-16-10-15-39(30-43)40-20-19-35-11-6-7-14-38(35)29-40)42-24-21-36(22-25-42)41-23-28-52-47(31-41)48-33-51-54(34-53(48)59-52)60-55(57-51)37-12-4-3-5-13-37/h3-34H,1-2H3. The summed E-state index contributed by atoms with van der Waals surface area (Å²) in [7, 11) is 0. The van der Waals surface area contributed by atoms with Crippen LogP contribution < -0.4 is 4.90 Å². The summed E-state index contributed by atoms with van der Waals surface area (Å²) < 4.78 is 12.5. The molecular weight excluding hydrogens is 733 g/mol. The second-order valence-electron chi connectivity index (χ2n) is 16.4. The monoisotopic (exact) mass is 770 g/mol. The maximum atomic E-state index is 6.35. The summed E-state index contributed by atoms with van der Waals surface area (Å²) in [6, 6.07) is 69.5. The van der Waals surface area contributed by atoms with Crippen molar-refractivity contribution in [3.8, 4) is 44.8 Å². The smallest absolute Gasteiger partial charge is 0.227 e. The Kier molecular flexibility index (Phi) is 7.54. The van der Waals surface area contributed by atoms with Crippen LogP contribution in [0.1, 0.15) is 25.0 Å². The van der Waals surface area contributed by atoms with Gasteiger partial charge in [-0.25, -0.2) is 4.98 Å². The van der Waals surface area contributed by atoms with E-state index >= 15 is 0 Å². The van der Waals surface area contributed by atoms with Gasteiger partial charge in [0.2, 0.25) is 5.89 Å². The van der Waals surface area contributed by atoms with Gasteiger partial charge in [-0.15, -0.1) is 0 Å². The fraction of sp³-hybridized carbons (Fsp3) is 0.0536. The van der Waals surface area contributed by atoms with Crippen LogP contribution in [0.3, 0.4) is 0 Å².